The largest absolute Gasteiger partial charge is 0.436 e. The molecule has 0 unspecified atom stereocenters. The van der Waals surface area contributed by atoms with Crippen molar-refractivity contribution in [2.45, 2.75) is 19.3 Å². The van der Waals surface area contributed by atoms with E-state index in [4.69, 9.17) is 21.7 Å². The third-order valence-electron chi connectivity index (χ3n) is 1.44. The number of amides is 1. The Morgan fingerprint density at radius 3 is 2.35 bits per heavy atom. The molecule has 0 rings (SSSR count). The van der Waals surface area contributed by atoms with E-state index in [1.165, 1.54) is 0 Å². The number of carbonyl (C=O) groups excluding carboxylic acids is 3. The van der Waals surface area contributed by atoms with E-state index < -0.39 is 6.09 Å². The number of unbranched alkanes of at least 4 members (excludes halogenated alkanes) is 2. The van der Waals surface area contributed by atoms with E-state index in [1.54, 1.807) is 0 Å². The van der Waals surface area contributed by atoms with Crippen molar-refractivity contribution in [3.63, 3.8) is 0 Å². The van der Waals surface area contributed by atoms with Gasteiger partial charge in [0.2, 0.25) is 0 Å². The first-order valence-corrected chi connectivity index (χ1v) is 4.76. The van der Waals surface area contributed by atoms with Crippen LogP contribution < -0.4 is 11.1 Å². The van der Waals surface area contributed by atoms with Crippen LogP contribution in [0.3, 0.4) is 0 Å². The molecule has 17 heavy (non-hydrogen) atoms. The fraction of sp³-hybridized carbons (Fsp3) is 0.600. The molecule has 0 bridgehead atoms. The predicted molar refractivity (Wildman–Crippen MR) is 63.3 cm³/mol. The summed E-state index contributed by atoms with van der Waals surface area (Å²) in [6.45, 7) is 1.33. The van der Waals surface area contributed by atoms with E-state index in [-0.39, 0.29) is 25.2 Å². The van der Waals surface area contributed by atoms with Crippen molar-refractivity contribution in [2.75, 3.05) is 19.7 Å². The summed E-state index contributed by atoms with van der Waals surface area (Å²) in [5.74, 6) is 2.21. The van der Waals surface area contributed by atoms with E-state index in [2.05, 4.69) is 16.0 Å². The number of terminal acetylenes is 1. The van der Waals surface area contributed by atoms with Gasteiger partial charge in [0.15, 0.2) is 6.61 Å². The highest BCUT2D eigenvalue weighted by atomic mass is 35.5. The number of carbonyl (C=O) groups is 1. The molecule has 0 aliphatic rings. The second kappa shape index (κ2) is 19.9. The van der Waals surface area contributed by atoms with Gasteiger partial charge >= 0.3 is 12.2 Å². The maximum absolute atomic E-state index is 10.8. The van der Waals surface area contributed by atoms with Crippen LogP contribution in [0.1, 0.15) is 19.3 Å². The van der Waals surface area contributed by atoms with Gasteiger partial charge in [0.1, 0.15) is 0 Å². The number of ether oxygens (including phenoxy) is 1. The molecule has 98 valence electrons. The Bertz CT molecular complexity index is 247. The second-order valence-electron chi connectivity index (χ2n) is 2.64. The van der Waals surface area contributed by atoms with Crippen molar-refractivity contribution in [3.05, 3.63) is 0 Å². The van der Waals surface area contributed by atoms with E-state index in [0.717, 1.165) is 19.3 Å². The first-order valence-electron chi connectivity index (χ1n) is 4.76. The summed E-state index contributed by atoms with van der Waals surface area (Å²) >= 11 is 0. The molecule has 1 amide bonds. The molecule has 6 nitrogen and oxygen atoms in total. The monoisotopic (exact) mass is 264 g/mol. The molecular formula is C10H17ClN2O4. The Morgan fingerprint density at radius 2 is 1.88 bits per heavy atom. The number of nitrogens with two attached hydrogens (primary N) is 1. The Balaban J connectivity index is -0.000000440. The lowest BCUT2D eigenvalue weighted by Crippen LogP contribution is -2.25. The molecule has 0 heterocycles. The van der Waals surface area contributed by atoms with Crippen LogP contribution in [0.2, 0.25) is 0 Å². The molecule has 0 aromatic carbocycles. The summed E-state index contributed by atoms with van der Waals surface area (Å²) in [6.07, 6.45) is 7.63. The normalized spacial score (nSPS) is 7.29. The molecule has 0 saturated carbocycles. The highest BCUT2D eigenvalue weighted by molar-refractivity contribution is 5.85. The van der Waals surface area contributed by atoms with Gasteiger partial charge in [-0.2, -0.15) is 9.59 Å². The Kier molecular flexibility index (Phi) is 24.4. The fourth-order valence-corrected chi connectivity index (χ4v) is 0.795. The lowest BCUT2D eigenvalue weighted by molar-refractivity contribution is -0.191. The molecule has 0 aliphatic heterocycles. The van der Waals surface area contributed by atoms with Crippen LogP contribution in [-0.2, 0) is 14.3 Å². The van der Waals surface area contributed by atoms with Crippen LogP contribution in [0.25, 0.3) is 0 Å². The van der Waals surface area contributed by atoms with Crippen molar-refractivity contribution in [1.29, 1.82) is 0 Å². The number of rotatable bonds is 6. The first kappa shape index (κ1) is 20.8. The van der Waals surface area contributed by atoms with E-state index in [9.17, 15) is 4.79 Å². The van der Waals surface area contributed by atoms with Gasteiger partial charge in [-0.15, -0.1) is 18.8 Å². The van der Waals surface area contributed by atoms with Crippen molar-refractivity contribution < 1.29 is 19.1 Å². The minimum Gasteiger partial charge on any atom is -0.436 e. The van der Waals surface area contributed by atoms with Crippen LogP contribution in [0.15, 0.2) is 0 Å². The zero-order valence-corrected chi connectivity index (χ0v) is 10.3. The Hall–Kier alpha value is -1.54. The zero-order valence-electron chi connectivity index (χ0n) is 9.44. The lowest BCUT2D eigenvalue weighted by Gasteiger charge is -2.03. The molecule has 0 radical (unpaired) electrons. The summed E-state index contributed by atoms with van der Waals surface area (Å²) in [5, 5.41) is 2.58. The number of nitrogens with one attached hydrogen (secondary N) is 1. The van der Waals surface area contributed by atoms with Crippen molar-refractivity contribution in [3.8, 4) is 12.3 Å². The smallest absolute Gasteiger partial charge is 0.408 e. The average Bonchev–Trinajstić information content (AvgIpc) is 2.27. The second-order valence-corrected chi connectivity index (χ2v) is 2.64. The van der Waals surface area contributed by atoms with Gasteiger partial charge in [-0.05, 0) is 19.4 Å². The molecule has 3 N–H and O–H groups in total. The molecule has 0 fully saturated rings. The van der Waals surface area contributed by atoms with Gasteiger partial charge in [0.05, 0.1) is 0 Å². The quantitative estimate of drug-likeness (QED) is 0.531. The fourth-order valence-electron chi connectivity index (χ4n) is 0.795. The van der Waals surface area contributed by atoms with E-state index >= 15 is 0 Å². The summed E-state index contributed by atoms with van der Waals surface area (Å²) in [5.41, 5.74) is 5.30. The van der Waals surface area contributed by atoms with Crippen LogP contribution in [0.4, 0.5) is 4.79 Å². The molecule has 0 aliphatic carbocycles. The SMILES string of the molecule is C#CCOC(=O)NCCCCCN.Cl.O=C=O. The van der Waals surface area contributed by atoms with E-state index in [1.807, 2.05) is 0 Å². The molecule has 0 spiro atoms. The third-order valence-corrected chi connectivity index (χ3v) is 1.44. The summed E-state index contributed by atoms with van der Waals surface area (Å²) < 4.78 is 4.59. The van der Waals surface area contributed by atoms with Crippen molar-refractivity contribution >= 4 is 24.7 Å². The van der Waals surface area contributed by atoms with Gasteiger partial charge in [0, 0.05) is 6.54 Å². The molecule has 7 heteroatoms. The lowest BCUT2D eigenvalue weighted by atomic mass is 10.2. The van der Waals surface area contributed by atoms with Crippen molar-refractivity contribution in [2.24, 2.45) is 5.73 Å². The summed E-state index contributed by atoms with van der Waals surface area (Å²) in [4.78, 5) is 27.0. The van der Waals surface area contributed by atoms with Crippen LogP contribution in [-0.4, -0.2) is 31.9 Å². The highest BCUT2D eigenvalue weighted by Gasteiger charge is 1.97. The van der Waals surface area contributed by atoms with E-state index in [0.29, 0.717) is 13.1 Å². The summed E-state index contributed by atoms with van der Waals surface area (Å²) in [7, 11) is 0. The number of halogens is 1. The first-order chi connectivity index (χ1) is 7.72. The maximum atomic E-state index is 10.8. The minimum absolute atomic E-state index is 0. The van der Waals surface area contributed by atoms with Gasteiger partial charge in [-0.1, -0.05) is 12.3 Å². The Labute approximate surface area is 107 Å². The average molecular weight is 265 g/mol. The molecule has 0 aromatic heterocycles. The molecular weight excluding hydrogens is 248 g/mol. The predicted octanol–water partition coefficient (Wildman–Crippen LogP) is 0.313. The van der Waals surface area contributed by atoms with Gasteiger partial charge < -0.3 is 15.8 Å². The minimum atomic E-state index is -0.453. The third kappa shape index (κ3) is 25.1. The number of hydrogen-bond donors (Lipinski definition) is 2. The highest BCUT2D eigenvalue weighted by Crippen LogP contribution is 1.91. The molecule has 0 atom stereocenters. The Morgan fingerprint density at radius 1 is 1.29 bits per heavy atom. The number of alkyl carbamates (subject to hydrolysis) is 1. The van der Waals surface area contributed by atoms with Gasteiger partial charge in [-0.3, -0.25) is 0 Å². The zero-order chi connectivity index (χ0) is 12.6. The van der Waals surface area contributed by atoms with Gasteiger partial charge in [0.25, 0.3) is 0 Å². The van der Waals surface area contributed by atoms with Crippen LogP contribution >= 0.6 is 12.4 Å². The molecule has 0 saturated heterocycles. The van der Waals surface area contributed by atoms with Crippen molar-refractivity contribution in [1.82, 2.24) is 5.32 Å². The molecule has 0 aromatic rings. The standard InChI is InChI=1S/C9H16N2O2.CO2.ClH/c1-2-8-13-9(12)11-7-5-3-4-6-10;2-1-3;/h1H,3-8,10H2,(H,11,12);;1H. The summed E-state index contributed by atoms with van der Waals surface area (Å²) in [6, 6.07) is 0. The van der Waals surface area contributed by atoms with Gasteiger partial charge in [-0.25, -0.2) is 4.79 Å². The topological polar surface area (TPSA) is 98.5 Å². The van der Waals surface area contributed by atoms with Crippen LogP contribution in [0, 0.1) is 12.3 Å². The maximum Gasteiger partial charge on any atom is 0.408 e. The van der Waals surface area contributed by atoms with Crippen LogP contribution in [0.5, 0.6) is 0 Å². The number of hydrogen-bond acceptors (Lipinski definition) is 5.